The van der Waals surface area contributed by atoms with Gasteiger partial charge in [-0.2, -0.15) is 0 Å². The van der Waals surface area contributed by atoms with E-state index in [2.05, 4.69) is 11.7 Å². The van der Waals surface area contributed by atoms with Gasteiger partial charge in [0.1, 0.15) is 0 Å². The summed E-state index contributed by atoms with van der Waals surface area (Å²) in [5.41, 5.74) is -1.93. The first-order valence-corrected chi connectivity index (χ1v) is 8.71. The lowest BCUT2D eigenvalue weighted by Gasteiger charge is -2.42. The van der Waals surface area contributed by atoms with Crippen LogP contribution in [-0.4, -0.2) is 35.4 Å². The number of methoxy groups -OCH3 is 1. The molecule has 0 spiro atoms. The Kier molecular flexibility index (Phi) is 7.52. The fourth-order valence-corrected chi connectivity index (χ4v) is 3.39. The Morgan fingerprint density at radius 1 is 1.13 bits per heavy atom. The molecule has 23 heavy (non-hydrogen) atoms. The van der Waals surface area contributed by atoms with Gasteiger partial charge in [0.15, 0.2) is 5.60 Å². The molecule has 2 fully saturated rings. The van der Waals surface area contributed by atoms with Crippen molar-refractivity contribution < 1.29 is 24.2 Å². The van der Waals surface area contributed by atoms with E-state index in [9.17, 15) is 14.7 Å². The van der Waals surface area contributed by atoms with E-state index < -0.39 is 23.1 Å². The molecule has 5 nitrogen and oxygen atoms in total. The van der Waals surface area contributed by atoms with E-state index in [-0.39, 0.29) is 6.42 Å². The van der Waals surface area contributed by atoms with Gasteiger partial charge >= 0.3 is 11.9 Å². The van der Waals surface area contributed by atoms with Gasteiger partial charge < -0.3 is 14.6 Å². The molecule has 1 aliphatic heterocycles. The van der Waals surface area contributed by atoms with Crippen LogP contribution in [0, 0.1) is 5.92 Å². The third kappa shape index (κ3) is 6.50. The molecule has 1 atom stereocenters. The van der Waals surface area contributed by atoms with Crippen LogP contribution in [0.3, 0.4) is 0 Å². The number of esters is 1. The molecule has 1 heterocycles. The second kappa shape index (κ2) is 8.67. The molecule has 134 valence electrons. The Balaban J connectivity index is 0.000000313. The summed E-state index contributed by atoms with van der Waals surface area (Å²) >= 11 is 0. The van der Waals surface area contributed by atoms with E-state index in [1.54, 1.807) is 0 Å². The van der Waals surface area contributed by atoms with E-state index in [0.717, 1.165) is 18.8 Å². The van der Waals surface area contributed by atoms with Crippen LogP contribution in [0.1, 0.15) is 78.6 Å². The summed E-state index contributed by atoms with van der Waals surface area (Å²) in [5, 5.41) is 9.23. The highest BCUT2D eigenvalue weighted by Gasteiger charge is 2.48. The average molecular weight is 328 g/mol. The Hall–Kier alpha value is -1.10. The molecule has 0 aromatic rings. The minimum atomic E-state index is -1.42. The van der Waals surface area contributed by atoms with E-state index in [1.165, 1.54) is 39.2 Å². The van der Waals surface area contributed by atoms with Crippen molar-refractivity contribution in [1.29, 1.82) is 0 Å². The highest BCUT2D eigenvalue weighted by Crippen LogP contribution is 2.37. The molecule has 1 saturated heterocycles. The van der Waals surface area contributed by atoms with Crippen LogP contribution in [0.2, 0.25) is 0 Å². The molecule has 0 radical (unpaired) electrons. The summed E-state index contributed by atoms with van der Waals surface area (Å²) in [7, 11) is 1.24. The van der Waals surface area contributed by atoms with Crippen molar-refractivity contribution in [2.45, 2.75) is 89.8 Å². The lowest BCUT2D eigenvalue weighted by atomic mass is 9.84. The van der Waals surface area contributed by atoms with Crippen LogP contribution in [0.25, 0.3) is 0 Å². The maximum Gasteiger partial charge on any atom is 0.336 e. The summed E-state index contributed by atoms with van der Waals surface area (Å²) in [6.07, 6.45) is 9.08. The summed E-state index contributed by atoms with van der Waals surface area (Å²) in [6.45, 7) is 6.03. The van der Waals surface area contributed by atoms with Crippen LogP contribution in [-0.2, 0) is 19.1 Å². The van der Waals surface area contributed by atoms with Crippen LogP contribution >= 0.6 is 0 Å². The molecule has 2 rings (SSSR count). The topological polar surface area (TPSA) is 72.8 Å². The lowest BCUT2D eigenvalue weighted by Crippen LogP contribution is -2.52. The van der Waals surface area contributed by atoms with Gasteiger partial charge in [0.25, 0.3) is 0 Å². The van der Waals surface area contributed by atoms with Gasteiger partial charge in [-0.05, 0) is 39.0 Å². The zero-order valence-electron chi connectivity index (χ0n) is 15.0. The Bertz CT molecular complexity index is 398. The molecule has 0 aromatic heterocycles. The molecule has 0 amide bonds. The molecule has 1 N–H and O–H groups in total. The predicted molar refractivity (Wildman–Crippen MR) is 88.3 cm³/mol. The second-order valence-electron chi connectivity index (χ2n) is 7.51. The Labute approximate surface area is 139 Å². The summed E-state index contributed by atoms with van der Waals surface area (Å²) in [6, 6.07) is 0. The SMILES string of the molecule is CC1CCCCC1.COC(=O)CC1(C(=O)O)CCCC(C)(C)O1. The van der Waals surface area contributed by atoms with Crippen molar-refractivity contribution in [2.75, 3.05) is 7.11 Å². The maximum atomic E-state index is 11.3. The largest absolute Gasteiger partial charge is 0.479 e. The molecule has 1 aliphatic carbocycles. The molecule has 2 aliphatic rings. The van der Waals surface area contributed by atoms with E-state index >= 15 is 0 Å². The number of aliphatic carboxylic acids is 1. The van der Waals surface area contributed by atoms with Crippen molar-refractivity contribution >= 4 is 11.9 Å². The van der Waals surface area contributed by atoms with E-state index in [0.29, 0.717) is 6.42 Å². The molecular formula is C18H32O5. The van der Waals surface area contributed by atoms with E-state index in [1.807, 2.05) is 13.8 Å². The number of rotatable bonds is 3. The van der Waals surface area contributed by atoms with Gasteiger partial charge in [-0.1, -0.05) is 39.0 Å². The zero-order valence-corrected chi connectivity index (χ0v) is 15.0. The number of ether oxygens (including phenoxy) is 2. The van der Waals surface area contributed by atoms with Gasteiger partial charge in [0.05, 0.1) is 19.1 Å². The fourth-order valence-electron chi connectivity index (χ4n) is 3.39. The van der Waals surface area contributed by atoms with Crippen LogP contribution in [0.15, 0.2) is 0 Å². The first kappa shape index (κ1) is 19.9. The first-order chi connectivity index (χ1) is 10.7. The number of carbonyl (C=O) groups is 2. The Morgan fingerprint density at radius 2 is 1.74 bits per heavy atom. The van der Waals surface area contributed by atoms with Gasteiger partial charge in [-0.25, -0.2) is 4.79 Å². The van der Waals surface area contributed by atoms with Crippen molar-refractivity contribution in [3.63, 3.8) is 0 Å². The van der Waals surface area contributed by atoms with Crippen molar-refractivity contribution in [3.05, 3.63) is 0 Å². The smallest absolute Gasteiger partial charge is 0.336 e. The minimum Gasteiger partial charge on any atom is -0.479 e. The quantitative estimate of drug-likeness (QED) is 0.794. The third-order valence-electron chi connectivity index (χ3n) is 4.77. The number of carboxylic acid groups (broad SMARTS) is 1. The van der Waals surface area contributed by atoms with Gasteiger partial charge in [-0.3, -0.25) is 4.79 Å². The standard InChI is InChI=1S/C11H18O5.C7H14/c1-10(2)5-4-6-11(16-10,9(13)14)7-8(12)15-3;1-7-5-3-2-4-6-7/h4-7H2,1-3H3,(H,13,14);7H,2-6H2,1H3. The molecule has 0 aromatic carbocycles. The number of hydrogen-bond donors (Lipinski definition) is 1. The van der Waals surface area contributed by atoms with Crippen LogP contribution in [0.5, 0.6) is 0 Å². The molecular weight excluding hydrogens is 296 g/mol. The molecule has 0 bridgehead atoms. The van der Waals surface area contributed by atoms with Crippen molar-refractivity contribution in [3.8, 4) is 0 Å². The summed E-state index contributed by atoms with van der Waals surface area (Å²) < 4.78 is 10.1. The molecule has 1 saturated carbocycles. The predicted octanol–water partition coefficient (Wildman–Crippen LogP) is 3.94. The zero-order chi connectivity index (χ0) is 17.5. The van der Waals surface area contributed by atoms with Crippen LogP contribution < -0.4 is 0 Å². The fraction of sp³-hybridized carbons (Fsp3) is 0.889. The number of hydrogen-bond acceptors (Lipinski definition) is 4. The van der Waals surface area contributed by atoms with Gasteiger partial charge in [0, 0.05) is 0 Å². The Morgan fingerprint density at radius 3 is 2.13 bits per heavy atom. The maximum absolute atomic E-state index is 11.3. The summed E-state index contributed by atoms with van der Waals surface area (Å²) in [4.78, 5) is 22.5. The monoisotopic (exact) mass is 328 g/mol. The third-order valence-corrected chi connectivity index (χ3v) is 4.77. The van der Waals surface area contributed by atoms with Crippen molar-refractivity contribution in [2.24, 2.45) is 5.92 Å². The highest BCUT2D eigenvalue weighted by atomic mass is 16.6. The van der Waals surface area contributed by atoms with Gasteiger partial charge in [0.2, 0.25) is 0 Å². The lowest BCUT2D eigenvalue weighted by molar-refractivity contribution is -0.207. The molecule has 5 heteroatoms. The number of carbonyl (C=O) groups excluding carboxylic acids is 1. The minimum absolute atomic E-state index is 0.234. The summed E-state index contributed by atoms with van der Waals surface area (Å²) in [5.74, 6) is -0.612. The highest BCUT2D eigenvalue weighted by molar-refractivity contribution is 5.84. The normalized spacial score (nSPS) is 27.5. The number of carboxylic acids is 1. The first-order valence-electron chi connectivity index (χ1n) is 8.71. The second-order valence-corrected chi connectivity index (χ2v) is 7.51. The van der Waals surface area contributed by atoms with Crippen LogP contribution in [0.4, 0.5) is 0 Å². The van der Waals surface area contributed by atoms with Gasteiger partial charge in [-0.15, -0.1) is 0 Å². The van der Waals surface area contributed by atoms with Crippen molar-refractivity contribution in [1.82, 2.24) is 0 Å². The van der Waals surface area contributed by atoms with E-state index in [4.69, 9.17) is 4.74 Å². The average Bonchev–Trinajstić information content (AvgIpc) is 2.47. The molecule has 1 unspecified atom stereocenters.